The van der Waals surface area contributed by atoms with Crippen LogP contribution in [0.1, 0.15) is 25.3 Å². The molecule has 27 heavy (non-hydrogen) atoms. The predicted molar refractivity (Wildman–Crippen MR) is 113 cm³/mol. The molecule has 152 valence electrons. The van der Waals surface area contributed by atoms with E-state index in [1.54, 1.807) is 13.2 Å². The van der Waals surface area contributed by atoms with Crippen molar-refractivity contribution in [3.05, 3.63) is 33.8 Å². The standard InChI is InChI=1S/C20H31Cl2N3O2/c1-3-23-20(25-10-8-16(14-25)15-27-12-11-26-2)24-9-4-5-17-6-7-18(21)13-19(17)22/h6-7,13,16H,3-5,8-12,14-15H2,1-2H3,(H,23,24). The van der Waals surface area contributed by atoms with Gasteiger partial charge < -0.3 is 19.7 Å². The molecule has 1 heterocycles. The lowest BCUT2D eigenvalue weighted by Gasteiger charge is -2.21. The van der Waals surface area contributed by atoms with Gasteiger partial charge in [-0.2, -0.15) is 0 Å². The number of methoxy groups -OCH3 is 1. The fourth-order valence-corrected chi connectivity index (χ4v) is 3.66. The van der Waals surface area contributed by atoms with Crippen molar-refractivity contribution in [2.24, 2.45) is 10.9 Å². The number of nitrogens with one attached hydrogen (secondary N) is 1. The zero-order valence-corrected chi connectivity index (χ0v) is 17.9. The maximum absolute atomic E-state index is 6.24. The first-order chi connectivity index (χ1) is 13.1. The quantitative estimate of drug-likeness (QED) is 0.357. The van der Waals surface area contributed by atoms with Crippen LogP contribution < -0.4 is 5.32 Å². The van der Waals surface area contributed by atoms with Gasteiger partial charge in [0, 0.05) is 49.3 Å². The van der Waals surface area contributed by atoms with Crippen molar-refractivity contribution in [1.82, 2.24) is 10.2 Å². The van der Waals surface area contributed by atoms with E-state index in [-0.39, 0.29) is 0 Å². The van der Waals surface area contributed by atoms with Gasteiger partial charge in [-0.15, -0.1) is 0 Å². The van der Waals surface area contributed by atoms with Gasteiger partial charge in [0.25, 0.3) is 0 Å². The molecule has 2 rings (SSSR count). The Kier molecular flexibility index (Phi) is 10.3. The van der Waals surface area contributed by atoms with Gasteiger partial charge in [0.05, 0.1) is 19.8 Å². The van der Waals surface area contributed by atoms with Crippen molar-refractivity contribution in [2.45, 2.75) is 26.2 Å². The van der Waals surface area contributed by atoms with E-state index >= 15 is 0 Å². The Morgan fingerprint density at radius 2 is 2.19 bits per heavy atom. The second-order valence-corrected chi connectivity index (χ2v) is 7.59. The van der Waals surface area contributed by atoms with Gasteiger partial charge in [0.2, 0.25) is 0 Å². The van der Waals surface area contributed by atoms with Gasteiger partial charge in [-0.3, -0.25) is 4.99 Å². The van der Waals surface area contributed by atoms with Gasteiger partial charge in [0.15, 0.2) is 5.96 Å². The zero-order chi connectivity index (χ0) is 19.5. The Morgan fingerprint density at radius 3 is 2.93 bits per heavy atom. The van der Waals surface area contributed by atoms with Gasteiger partial charge in [-0.1, -0.05) is 29.3 Å². The molecular formula is C20H31Cl2N3O2. The highest BCUT2D eigenvalue weighted by molar-refractivity contribution is 6.35. The highest BCUT2D eigenvalue weighted by Crippen LogP contribution is 2.22. The molecule has 5 nitrogen and oxygen atoms in total. The molecule has 1 N–H and O–H groups in total. The smallest absolute Gasteiger partial charge is 0.193 e. The summed E-state index contributed by atoms with van der Waals surface area (Å²) in [5.74, 6) is 1.55. The average molecular weight is 416 g/mol. The van der Waals surface area contributed by atoms with Crippen LogP contribution in [-0.4, -0.2) is 64.0 Å². The molecule has 1 unspecified atom stereocenters. The summed E-state index contributed by atoms with van der Waals surface area (Å²) in [4.78, 5) is 7.14. The number of ether oxygens (including phenoxy) is 2. The molecule has 1 aromatic rings. The maximum Gasteiger partial charge on any atom is 0.193 e. The zero-order valence-electron chi connectivity index (χ0n) is 16.3. The molecule has 1 saturated heterocycles. The Morgan fingerprint density at radius 1 is 1.33 bits per heavy atom. The third-order valence-corrected chi connectivity index (χ3v) is 5.17. The van der Waals surface area contributed by atoms with E-state index in [0.717, 1.165) is 68.6 Å². The van der Waals surface area contributed by atoms with Crippen LogP contribution >= 0.6 is 23.2 Å². The minimum absolute atomic E-state index is 0.554. The van der Waals surface area contributed by atoms with E-state index in [4.69, 9.17) is 37.7 Å². The first kappa shape index (κ1) is 22.3. The number of aryl methyl sites for hydroxylation is 1. The van der Waals surface area contributed by atoms with Crippen LogP contribution in [0, 0.1) is 5.92 Å². The molecule has 1 fully saturated rings. The van der Waals surface area contributed by atoms with E-state index in [1.165, 1.54) is 0 Å². The highest BCUT2D eigenvalue weighted by Gasteiger charge is 2.24. The highest BCUT2D eigenvalue weighted by atomic mass is 35.5. The number of rotatable bonds is 10. The van der Waals surface area contributed by atoms with E-state index < -0.39 is 0 Å². The molecule has 0 bridgehead atoms. The maximum atomic E-state index is 6.24. The van der Waals surface area contributed by atoms with Crippen molar-refractivity contribution in [1.29, 1.82) is 0 Å². The third-order valence-electron chi connectivity index (χ3n) is 4.59. The minimum Gasteiger partial charge on any atom is -0.382 e. The second kappa shape index (κ2) is 12.4. The Bertz CT molecular complexity index is 599. The van der Waals surface area contributed by atoms with Crippen molar-refractivity contribution < 1.29 is 9.47 Å². The van der Waals surface area contributed by atoms with Crippen LogP contribution in [-0.2, 0) is 15.9 Å². The van der Waals surface area contributed by atoms with Crippen LogP contribution in [0.2, 0.25) is 10.0 Å². The number of likely N-dealkylation sites (tertiary alicyclic amines) is 1. The molecule has 0 spiro atoms. The van der Waals surface area contributed by atoms with Crippen molar-refractivity contribution in [3.8, 4) is 0 Å². The number of hydrogen-bond acceptors (Lipinski definition) is 3. The number of aliphatic imine (C=N–C) groups is 1. The monoisotopic (exact) mass is 415 g/mol. The summed E-state index contributed by atoms with van der Waals surface area (Å²) >= 11 is 12.2. The summed E-state index contributed by atoms with van der Waals surface area (Å²) in [6, 6.07) is 5.67. The van der Waals surface area contributed by atoms with Gasteiger partial charge in [-0.25, -0.2) is 0 Å². The van der Waals surface area contributed by atoms with Crippen molar-refractivity contribution >= 4 is 29.2 Å². The van der Waals surface area contributed by atoms with E-state index in [0.29, 0.717) is 24.2 Å². The Balaban J connectivity index is 1.78. The number of benzene rings is 1. The fraction of sp³-hybridized carbons (Fsp3) is 0.650. The lowest BCUT2D eigenvalue weighted by molar-refractivity contribution is 0.0536. The molecule has 0 aromatic heterocycles. The predicted octanol–water partition coefficient (Wildman–Crippen LogP) is 3.88. The number of nitrogens with zero attached hydrogens (tertiary/aromatic N) is 2. The molecule has 0 saturated carbocycles. The van der Waals surface area contributed by atoms with Crippen molar-refractivity contribution in [3.63, 3.8) is 0 Å². The van der Waals surface area contributed by atoms with Crippen LogP contribution in [0.3, 0.4) is 0 Å². The molecule has 1 aliphatic heterocycles. The largest absolute Gasteiger partial charge is 0.382 e. The second-order valence-electron chi connectivity index (χ2n) is 6.74. The van der Waals surface area contributed by atoms with E-state index in [2.05, 4.69) is 17.1 Å². The molecule has 1 aliphatic rings. The van der Waals surface area contributed by atoms with Crippen LogP contribution in [0.4, 0.5) is 0 Å². The van der Waals surface area contributed by atoms with E-state index in [1.807, 2.05) is 12.1 Å². The molecule has 0 amide bonds. The van der Waals surface area contributed by atoms with Gasteiger partial charge in [0.1, 0.15) is 0 Å². The lowest BCUT2D eigenvalue weighted by Crippen LogP contribution is -2.40. The Labute approximate surface area is 173 Å². The third kappa shape index (κ3) is 7.86. The van der Waals surface area contributed by atoms with Crippen LogP contribution in [0.25, 0.3) is 0 Å². The lowest BCUT2D eigenvalue weighted by atomic mass is 10.1. The first-order valence-electron chi connectivity index (χ1n) is 9.68. The summed E-state index contributed by atoms with van der Waals surface area (Å²) in [6.45, 7) is 7.85. The molecule has 0 radical (unpaired) electrons. The van der Waals surface area contributed by atoms with Crippen LogP contribution in [0.15, 0.2) is 23.2 Å². The molecule has 0 aliphatic carbocycles. The normalized spacial score (nSPS) is 17.6. The molecule has 1 aromatic carbocycles. The molecule has 1 atom stereocenters. The first-order valence-corrected chi connectivity index (χ1v) is 10.4. The average Bonchev–Trinajstić information content (AvgIpc) is 3.11. The summed E-state index contributed by atoms with van der Waals surface area (Å²) < 4.78 is 10.7. The molecule has 7 heteroatoms. The topological polar surface area (TPSA) is 46.1 Å². The minimum atomic E-state index is 0.554. The van der Waals surface area contributed by atoms with Gasteiger partial charge >= 0.3 is 0 Å². The summed E-state index contributed by atoms with van der Waals surface area (Å²) in [7, 11) is 1.70. The Hall–Kier alpha value is -1.01. The van der Waals surface area contributed by atoms with Gasteiger partial charge in [-0.05, 0) is 43.9 Å². The number of guanidine groups is 1. The van der Waals surface area contributed by atoms with Crippen LogP contribution in [0.5, 0.6) is 0 Å². The number of hydrogen-bond donors (Lipinski definition) is 1. The van der Waals surface area contributed by atoms with E-state index in [9.17, 15) is 0 Å². The summed E-state index contributed by atoms with van der Waals surface area (Å²) in [5, 5.41) is 4.81. The number of halogens is 2. The summed E-state index contributed by atoms with van der Waals surface area (Å²) in [5.41, 5.74) is 1.12. The molecular weight excluding hydrogens is 385 g/mol. The fourth-order valence-electron chi connectivity index (χ4n) is 3.16. The summed E-state index contributed by atoms with van der Waals surface area (Å²) in [6.07, 6.45) is 2.99. The van der Waals surface area contributed by atoms with Crippen molar-refractivity contribution in [2.75, 3.05) is 53.1 Å². The SMILES string of the molecule is CCNC(=NCCCc1ccc(Cl)cc1Cl)N1CCC(COCCOC)C1.